The zero-order valence-electron chi connectivity index (χ0n) is 22.1. The van der Waals surface area contributed by atoms with Crippen LogP contribution in [-0.4, -0.2) is 68.2 Å². The quantitative estimate of drug-likeness (QED) is 0.335. The summed E-state index contributed by atoms with van der Waals surface area (Å²) in [5.41, 5.74) is 8.64. The summed E-state index contributed by atoms with van der Waals surface area (Å²) >= 11 is 0. The number of nitrogen functional groups attached to an aromatic ring is 1. The molecule has 1 amide bonds. The molecule has 2 aromatic heterocycles. The Bertz CT molecular complexity index is 1480. The first kappa shape index (κ1) is 25.1. The van der Waals surface area contributed by atoms with E-state index in [9.17, 15) is 4.79 Å². The molecule has 0 bridgehead atoms. The number of fused-ring (bicyclic) bond motifs is 1. The van der Waals surface area contributed by atoms with Gasteiger partial charge in [0.15, 0.2) is 5.65 Å². The van der Waals surface area contributed by atoms with E-state index in [-0.39, 0.29) is 11.9 Å². The molecule has 1 saturated heterocycles. The van der Waals surface area contributed by atoms with E-state index in [0.29, 0.717) is 24.1 Å². The monoisotopic (exact) mass is 523 g/mol. The molecule has 6 rings (SSSR count). The Balaban J connectivity index is 1.23. The summed E-state index contributed by atoms with van der Waals surface area (Å²) in [6.45, 7) is 2.11. The molecule has 9 heteroatoms. The van der Waals surface area contributed by atoms with Gasteiger partial charge in [-0.15, -0.1) is 0 Å². The molecule has 200 valence electrons. The highest BCUT2D eigenvalue weighted by atomic mass is 16.5. The second kappa shape index (κ2) is 10.9. The fourth-order valence-electron chi connectivity index (χ4n) is 5.20. The summed E-state index contributed by atoms with van der Waals surface area (Å²) in [5.74, 6) is 1.94. The molecule has 1 atom stereocenters. The van der Waals surface area contributed by atoms with Gasteiger partial charge in [-0.25, -0.2) is 14.6 Å². The Hall–Kier alpha value is -4.24. The highest BCUT2D eigenvalue weighted by Gasteiger charge is 2.28. The number of hydrogen-bond donors (Lipinski definition) is 1. The lowest BCUT2D eigenvalue weighted by Gasteiger charge is -2.32. The number of benzene rings is 2. The number of para-hydroxylation sites is 1. The third-order valence-corrected chi connectivity index (χ3v) is 7.50. The van der Waals surface area contributed by atoms with Crippen LogP contribution >= 0.6 is 0 Å². The number of nitrogens with two attached hydrogens (primary N) is 1. The number of nitrogens with zero attached hydrogens (tertiary/aromatic N) is 6. The number of piperidine rings is 1. The molecular weight excluding hydrogens is 490 g/mol. The van der Waals surface area contributed by atoms with E-state index in [1.807, 2.05) is 70.3 Å². The van der Waals surface area contributed by atoms with Crippen molar-refractivity contribution in [3.63, 3.8) is 0 Å². The fraction of sp³-hybridized carbons (Fsp3) is 0.333. The van der Waals surface area contributed by atoms with Crippen molar-refractivity contribution in [3.8, 4) is 22.8 Å². The van der Waals surface area contributed by atoms with Gasteiger partial charge in [-0.1, -0.05) is 24.3 Å². The van der Waals surface area contributed by atoms with Crippen LogP contribution in [0, 0.1) is 0 Å². The van der Waals surface area contributed by atoms with E-state index >= 15 is 0 Å². The van der Waals surface area contributed by atoms with Crippen LogP contribution in [0.3, 0.4) is 0 Å². The zero-order chi connectivity index (χ0) is 26.8. The number of carbonyl (C=O) groups is 1. The van der Waals surface area contributed by atoms with Crippen LogP contribution in [0.1, 0.15) is 31.7 Å². The molecule has 2 aromatic carbocycles. The van der Waals surface area contributed by atoms with Crippen molar-refractivity contribution in [2.24, 2.45) is 0 Å². The average Bonchev–Trinajstić information content (AvgIpc) is 3.75. The van der Waals surface area contributed by atoms with Crippen LogP contribution in [0.5, 0.6) is 11.5 Å². The molecule has 1 aliphatic carbocycles. The maximum Gasteiger partial charge on any atom is 0.246 e. The van der Waals surface area contributed by atoms with Crippen LogP contribution in [0.25, 0.3) is 22.3 Å². The lowest BCUT2D eigenvalue weighted by molar-refractivity contribution is -0.127. The molecule has 2 N–H and O–H groups in total. The summed E-state index contributed by atoms with van der Waals surface area (Å²) < 4.78 is 7.88. The van der Waals surface area contributed by atoms with Crippen LogP contribution < -0.4 is 10.5 Å². The predicted octanol–water partition coefficient (Wildman–Crippen LogP) is 4.68. The van der Waals surface area contributed by atoms with Gasteiger partial charge < -0.3 is 15.4 Å². The minimum atomic E-state index is -0.00326. The van der Waals surface area contributed by atoms with Crippen LogP contribution in [0.15, 0.2) is 73.1 Å². The number of aromatic nitrogens is 4. The molecule has 3 heterocycles. The van der Waals surface area contributed by atoms with Gasteiger partial charge in [0, 0.05) is 37.3 Å². The molecule has 39 heavy (non-hydrogen) atoms. The van der Waals surface area contributed by atoms with Crippen molar-refractivity contribution >= 4 is 22.8 Å². The molecule has 4 aromatic rings. The van der Waals surface area contributed by atoms with Crippen LogP contribution in [0.2, 0.25) is 0 Å². The third kappa shape index (κ3) is 5.49. The van der Waals surface area contributed by atoms with Crippen molar-refractivity contribution in [2.75, 3.05) is 32.4 Å². The van der Waals surface area contributed by atoms with Crippen molar-refractivity contribution in [3.05, 3.63) is 73.1 Å². The Labute approximate surface area is 227 Å². The number of likely N-dealkylation sites (N-methyl/N-ethyl adjacent to an activating group) is 1. The summed E-state index contributed by atoms with van der Waals surface area (Å²) in [4.78, 5) is 26.0. The second-order valence-electron chi connectivity index (χ2n) is 10.3. The lowest BCUT2D eigenvalue weighted by Crippen LogP contribution is -2.40. The fourth-order valence-corrected chi connectivity index (χ4v) is 5.20. The van der Waals surface area contributed by atoms with Crippen molar-refractivity contribution in [1.82, 2.24) is 29.5 Å². The molecule has 0 radical (unpaired) electrons. The first-order valence-corrected chi connectivity index (χ1v) is 13.5. The Kier molecular flexibility index (Phi) is 6.98. The van der Waals surface area contributed by atoms with E-state index in [0.717, 1.165) is 54.1 Å². The number of amides is 1. The minimum absolute atomic E-state index is 0.00326. The summed E-state index contributed by atoms with van der Waals surface area (Å²) in [6.07, 6.45) is 9.48. The molecule has 0 unspecified atom stereocenters. The Morgan fingerprint density at radius 1 is 1.08 bits per heavy atom. The normalized spacial score (nSPS) is 17.8. The van der Waals surface area contributed by atoms with Crippen molar-refractivity contribution in [1.29, 1.82) is 0 Å². The maximum atomic E-state index is 13.0. The number of ether oxygens (including phenoxy) is 1. The molecule has 0 spiro atoms. The van der Waals surface area contributed by atoms with E-state index < -0.39 is 0 Å². The predicted molar refractivity (Wildman–Crippen MR) is 151 cm³/mol. The maximum absolute atomic E-state index is 13.0. The van der Waals surface area contributed by atoms with Gasteiger partial charge in [0.25, 0.3) is 0 Å². The lowest BCUT2D eigenvalue weighted by atomic mass is 10.1. The van der Waals surface area contributed by atoms with Crippen molar-refractivity contribution in [2.45, 2.75) is 37.8 Å². The van der Waals surface area contributed by atoms with E-state index in [1.54, 1.807) is 6.08 Å². The van der Waals surface area contributed by atoms with Crippen molar-refractivity contribution < 1.29 is 9.53 Å². The van der Waals surface area contributed by atoms with E-state index in [1.165, 1.54) is 19.2 Å². The number of carbonyl (C=O) groups excluding carboxylic acids is 1. The van der Waals surface area contributed by atoms with Gasteiger partial charge in [-0.05, 0) is 69.1 Å². The Morgan fingerprint density at radius 3 is 2.62 bits per heavy atom. The van der Waals surface area contributed by atoms with Crippen LogP contribution in [0.4, 0.5) is 5.82 Å². The van der Waals surface area contributed by atoms with Gasteiger partial charge in [-0.3, -0.25) is 9.69 Å². The molecule has 1 aliphatic heterocycles. The summed E-state index contributed by atoms with van der Waals surface area (Å²) in [7, 11) is 2.11. The van der Waals surface area contributed by atoms with Gasteiger partial charge in [0.1, 0.15) is 29.3 Å². The van der Waals surface area contributed by atoms with Gasteiger partial charge >= 0.3 is 0 Å². The highest BCUT2D eigenvalue weighted by Crippen LogP contribution is 2.35. The highest BCUT2D eigenvalue weighted by molar-refractivity contribution is 5.98. The first-order chi connectivity index (χ1) is 19.1. The largest absolute Gasteiger partial charge is 0.457 e. The zero-order valence-corrected chi connectivity index (χ0v) is 22.1. The van der Waals surface area contributed by atoms with Gasteiger partial charge in [0.05, 0.1) is 11.4 Å². The summed E-state index contributed by atoms with van der Waals surface area (Å²) in [6, 6.07) is 18.1. The van der Waals surface area contributed by atoms with Crippen LogP contribution in [-0.2, 0) is 4.79 Å². The minimum Gasteiger partial charge on any atom is -0.457 e. The Morgan fingerprint density at radius 2 is 1.85 bits per heavy atom. The van der Waals surface area contributed by atoms with E-state index in [2.05, 4.69) is 21.9 Å². The number of anilines is 1. The van der Waals surface area contributed by atoms with Gasteiger partial charge in [0.2, 0.25) is 5.91 Å². The molecular formula is C30H33N7O2. The SMILES string of the molecule is CN(C/C=C/C(=O)N1CCC[C@@H](n2nc(-c3ccc(Oc4ccccc4)cc3)c3c(N)ncnc32)C1)C1CC1. The van der Waals surface area contributed by atoms with E-state index in [4.69, 9.17) is 15.6 Å². The first-order valence-electron chi connectivity index (χ1n) is 13.5. The molecule has 2 aliphatic rings. The topological polar surface area (TPSA) is 102 Å². The molecule has 1 saturated carbocycles. The van der Waals surface area contributed by atoms with Gasteiger partial charge in [-0.2, -0.15) is 5.10 Å². The number of likely N-dealkylation sites (tertiary alicyclic amines) is 1. The second-order valence-corrected chi connectivity index (χ2v) is 10.3. The number of rotatable bonds is 8. The molecule has 9 nitrogen and oxygen atoms in total. The summed E-state index contributed by atoms with van der Waals surface area (Å²) in [5, 5.41) is 5.72. The standard InChI is InChI=1S/C30H33N7O2/c1-35(22-13-14-22)17-6-10-26(38)36-18-5-7-23(19-36)37-30-27(29(31)32-20-33-30)28(34-37)21-11-15-25(16-12-21)39-24-8-3-2-4-9-24/h2-4,6,8-12,15-16,20,22-23H,5,7,13-14,17-19H2,1H3,(H2,31,32,33)/b10-6+/t23-/m1/s1. The third-order valence-electron chi connectivity index (χ3n) is 7.50. The smallest absolute Gasteiger partial charge is 0.246 e. The number of hydrogen-bond acceptors (Lipinski definition) is 7. The molecule has 2 fully saturated rings. The average molecular weight is 524 g/mol.